The van der Waals surface area contributed by atoms with Crippen molar-refractivity contribution in [2.75, 3.05) is 47.4 Å². The molecule has 0 aliphatic rings. The molecule has 2 atom stereocenters. The molecule has 0 aromatic rings. The van der Waals surface area contributed by atoms with Gasteiger partial charge in [0, 0.05) is 39.3 Å². The Morgan fingerprint density at radius 3 is 1.81 bits per heavy atom. The Bertz CT molecular complexity index is 935. The number of rotatable bonds is 36. The topological polar surface area (TPSA) is 131 Å². The van der Waals surface area contributed by atoms with Gasteiger partial charge in [-0.05, 0) is 57.8 Å². The molecule has 0 aliphatic carbocycles. The molecule has 0 heterocycles. The molecule has 0 spiro atoms. The van der Waals surface area contributed by atoms with E-state index in [0.717, 1.165) is 90.3 Å². The van der Waals surface area contributed by atoms with Gasteiger partial charge in [0.2, 0.25) is 11.8 Å². The maximum Gasteiger partial charge on any atom is 0.306 e. The maximum atomic E-state index is 12.5. The summed E-state index contributed by atoms with van der Waals surface area (Å²) in [6.07, 6.45) is 26.5. The maximum absolute atomic E-state index is 12.5. The summed E-state index contributed by atoms with van der Waals surface area (Å²) < 4.78 is 11.6. The predicted octanol–water partition coefficient (Wildman–Crippen LogP) is 8.09. The van der Waals surface area contributed by atoms with Gasteiger partial charge in [0.15, 0.2) is 0 Å². The molecule has 52 heavy (non-hydrogen) atoms. The van der Waals surface area contributed by atoms with Crippen molar-refractivity contribution in [3.63, 3.8) is 0 Å². The van der Waals surface area contributed by atoms with Crippen molar-refractivity contribution in [3.05, 3.63) is 12.2 Å². The van der Waals surface area contributed by atoms with Crippen LogP contribution in [-0.2, 0) is 28.7 Å². The van der Waals surface area contributed by atoms with Crippen LogP contribution in [0.2, 0.25) is 0 Å². The van der Waals surface area contributed by atoms with Crippen molar-refractivity contribution in [2.24, 2.45) is 0 Å². The van der Waals surface area contributed by atoms with Gasteiger partial charge in [0.25, 0.3) is 0 Å². The van der Waals surface area contributed by atoms with E-state index in [4.69, 9.17) is 9.47 Å². The molecular formula is C42H80N3O7+. The number of allylic oxidation sites excluding steroid dienone is 1. The lowest BCUT2D eigenvalue weighted by atomic mass is 10.0. The number of carbonyl (C=O) groups is 4. The Morgan fingerprint density at radius 2 is 1.21 bits per heavy atom. The summed E-state index contributed by atoms with van der Waals surface area (Å²) in [6, 6.07) is 0. The monoisotopic (exact) mass is 739 g/mol. The molecule has 0 saturated heterocycles. The van der Waals surface area contributed by atoms with E-state index in [1.807, 2.05) is 27.2 Å². The molecule has 0 saturated carbocycles. The molecule has 2 unspecified atom stereocenters. The van der Waals surface area contributed by atoms with Crippen LogP contribution in [0, 0.1) is 0 Å². The molecule has 3 N–H and O–H groups in total. The van der Waals surface area contributed by atoms with E-state index in [2.05, 4.69) is 23.6 Å². The second-order valence-electron chi connectivity index (χ2n) is 15.6. The van der Waals surface area contributed by atoms with Crippen LogP contribution in [0.5, 0.6) is 0 Å². The molecule has 0 aromatic carbocycles. The van der Waals surface area contributed by atoms with Gasteiger partial charge >= 0.3 is 11.9 Å². The second-order valence-corrected chi connectivity index (χ2v) is 15.6. The van der Waals surface area contributed by atoms with Crippen molar-refractivity contribution in [1.29, 1.82) is 0 Å². The first kappa shape index (κ1) is 49.5. The van der Waals surface area contributed by atoms with E-state index in [-0.39, 0.29) is 36.6 Å². The third-order valence-corrected chi connectivity index (χ3v) is 9.21. The zero-order chi connectivity index (χ0) is 38.7. The van der Waals surface area contributed by atoms with E-state index in [9.17, 15) is 24.3 Å². The number of amides is 2. The van der Waals surface area contributed by atoms with Crippen LogP contribution in [0.15, 0.2) is 12.2 Å². The van der Waals surface area contributed by atoms with Crippen molar-refractivity contribution in [3.8, 4) is 0 Å². The van der Waals surface area contributed by atoms with Gasteiger partial charge in [-0.25, -0.2) is 0 Å². The molecular weight excluding hydrogens is 658 g/mol. The Labute approximate surface area is 318 Å². The Balaban J connectivity index is 3.88. The highest BCUT2D eigenvalue weighted by atomic mass is 16.6. The molecule has 10 nitrogen and oxygen atoms in total. The molecule has 2 amide bonds. The summed E-state index contributed by atoms with van der Waals surface area (Å²) in [6.45, 7) is 6.36. The summed E-state index contributed by atoms with van der Waals surface area (Å²) >= 11 is 0. The highest BCUT2D eigenvalue weighted by Crippen LogP contribution is 2.16. The van der Waals surface area contributed by atoms with E-state index >= 15 is 0 Å². The fraction of sp³-hybridized carbons (Fsp3) is 0.857. The molecule has 0 radical (unpaired) electrons. The largest absolute Gasteiger partial charge is 0.460 e. The number of quaternary nitrogens is 1. The van der Waals surface area contributed by atoms with Crippen LogP contribution in [0.4, 0.5) is 0 Å². The zero-order valence-corrected chi connectivity index (χ0v) is 34.2. The minimum absolute atomic E-state index is 0.0584. The summed E-state index contributed by atoms with van der Waals surface area (Å²) in [5.41, 5.74) is 0. The first-order valence-corrected chi connectivity index (χ1v) is 20.9. The van der Waals surface area contributed by atoms with Gasteiger partial charge in [-0.1, -0.05) is 103 Å². The summed E-state index contributed by atoms with van der Waals surface area (Å²) in [7, 11) is 6.11. The molecule has 0 aromatic heterocycles. The lowest BCUT2D eigenvalue weighted by Gasteiger charge is -2.23. The number of ether oxygens (including phenoxy) is 2. The van der Waals surface area contributed by atoms with Crippen molar-refractivity contribution in [1.82, 2.24) is 10.6 Å². The number of carbonyl (C=O) groups excluding carboxylic acids is 4. The average molecular weight is 739 g/mol. The fourth-order valence-electron chi connectivity index (χ4n) is 5.86. The minimum atomic E-state index is -0.747. The minimum Gasteiger partial charge on any atom is -0.460 e. The zero-order valence-electron chi connectivity index (χ0n) is 34.2. The van der Waals surface area contributed by atoms with Crippen LogP contribution in [0.1, 0.15) is 174 Å². The Hall–Kier alpha value is -2.46. The van der Waals surface area contributed by atoms with Crippen molar-refractivity contribution < 1.29 is 38.2 Å². The number of nitrogens with zero attached hydrogens (tertiary/aromatic N) is 1. The molecule has 10 heteroatoms. The standard InChI is InChI=1S/C42H79N3O7/c1-6-7-22-29-39(52-42(50)32-27-31-41(49)51-36-35-45(3,4)5)38(47)28-23-18-14-10-11-15-19-24-30-40(48)44-34-26-21-17-13-9-8-12-16-20-25-33-43-37(2)46/h18,23,38-39,47H,6-17,19-22,24-36H2,1-5H3,(H-,43,44,46,48)/p+1/b23-18-. The number of unbranched alkanes of at least 4 members (excludes halogenated alkanes) is 16. The fourth-order valence-corrected chi connectivity index (χ4v) is 5.86. The first-order chi connectivity index (χ1) is 24.9. The van der Waals surface area contributed by atoms with Gasteiger partial charge in [-0.15, -0.1) is 0 Å². The van der Waals surface area contributed by atoms with Crippen LogP contribution >= 0.6 is 0 Å². The Morgan fingerprint density at radius 1 is 0.654 bits per heavy atom. The average Bonchev–Trinajstić information content (AvgIpc) is 3.08. The van der Waals surface area contributed by atoms with Crippen molar-refractivity contribution in [2.45, 2.75) is 187 Å². The first-order valence-electron chi connectivity index (χ1n) is 20.9. The third-order valence-electron chi connectivity index (χ3n) is 9.21. The number of hydrogen-bond donors (Lipinski definition) is 3. The van der Waals surface area contributed by atoms with E-state index in [1.54, 1.807) is 6.92 Å². The lowest BCUT2D eigenvalue weighted by Crippen LogP contribution is -2.38. The lowest BCUT2D eigenvalue weighted by molar-refractivity contribution is -0.870. The third kappa shape index (κ3) is 35.9. The van der Waals surface area contributed by atoms with E-state index < -0.39 is 12.2 Å². The van der Waals surface area contributed by atoms with Crippen LogP contribution in [-0.4, -0.2) is 92.9 Å². The van der Waals surface area contributed by atoms with Crippen molar-refractivity contribution >= 4 is 23.8 Å². The number of esters is 2. The molecule has 304 valence electrons. The van der Waals surface area contributed by atoms with Crippen LogP contribution < -0.4 is 10.6 Å². The molecule has 0 fully saturated rings. The summed E-state index contributed by atoms with van der Waals surface area (Å²) in [5.74, 6) is -0.445. The molecule has 0 rings (SSSR count). The van der Waals surface area contributed by atoms with Crippen LogP contribution in [0.25, 0.3) is 0 Å². The molecule has 0 aliphatic heterocycles. The quantitative estimate of drug-likeness (QED) is 0.0256. The number of aliphatic hydroxyl groups excluding tert-OH is 1. The van der Waals surface area contributed by atoms with Gasteiger partial charge in [-0.3, -0.25) is 19.2 Å². The normalized spacial score (nSPS) is 12.8. The predicted molar refractivity (Wildman–Crippen MR) is 212 cm³/mol. The molecule has 0 bridgehead atoms. The highest BCUT2D eigenvalue weighted by Gasteiger charge is 2.22. The van der Waals surface area contributed by atoms with E-state index in [0.29, 0.717) is 36.8 Å². The smallest absolute Gasteiger partial charge is 0.306 e. The van der Waals surface area contributed by atoms with Gasteiger partial charge in [0.1, 0.15) is 19.3 Å². The van der Waals surface area contributed by atoms with Gasteiger partial charge < -0.3 is 29.7 Å². The summed E-state index contributed by atoms with van der Waals surface area (Å²) in [4.78, 5) is 47.4. The number of likely N-dealkylation sites (N-methyl/N-ethyl adjacent to an activating group) is 1. The van der Waals surface area contributed by atoms with Gasteiger partial charge in [0.05, 0.1) is 27.2 Å². The second kappa shape index (κ2) is 34.3. The SMILES string of the molecule is CCCCCC(OC(=O)CCCC(=O)OCC[N+](C)(C)C)C(O)C/C=C\CCCCCCCC(=O)NCCCCCCCCCCCCNC(C)=O. The highest BCUT2D eigenvalue weighted by molar-refractivity contribution is 5.75. The van der Waals surface area contributed by atoms with Gasteiger partial charge in [-0.2, -0.15) is 0 Å². The van der Waals surface area contributed by atoms with E-state index in [1.165, 1.54) is 51.4 Å². The Kier molecular flexibility index (Phi) is 32.7. The number of nitrogens with one attached hydrogen (secondary N) is 2. The number of hydrogen-bond acceptors (Lipinski definition) is 7. The van der Waals surface area contributed by atoms with Crippen LogP contribution in [0.3, 0.4) is 0 Å². The number of aliphatic hydroxyl groups is 1. The summed E-state index contributed by atoms with van der Waals surface area (Å²) in [5, 5.41) is 16.7.